The molecule has 1 aliphatic rings. The molecule has 1 fully saturated rings. The first-order valence-electron chi connectivity index (χ1n) is 8.66. The summed E-state index contributed by atoms with van der Waals surface area (Å²) in [5.41, 5.74) is 3.40. The van der Waals surface area contributed by atoms with E-state index in [0.29, 0.717) is 0 Å². The number of pyridine rings is 2. The van der Waals surface area contributed by atoms with E-state index in [4.69, 9.17) is 0 Å². The third-order valence-corrected chi connectivity index (χ3v) is 5.50. The Bertz CT molecular complexity index is 788. The largest absolute Gasteiger partial charge is 0.380 e. The van der Waals surface area contributed by atoms with Gasteiger partial charge in [0.25, 0.3) is 0 Å². The number of nitrogens with zero attached hydrogens (tertiary/aromatic N) is 3. The van der Waals surface area contributed by atoms with Gasteiger partial charge in [0.1, 0.15) is 5.82 Å². The number of hydrogen-bond donors (Lipinski definition) is 1. The lowest BCUT2D eigenvalue weighted by molar-refractivity contribution is 0.726. The summed E-state index contributed by atoms with van der Waals surface area (Å²) >= 11 is 1.72. The van der Waals surface area contributed by atoms with Crippen molar-refractivity contribution in [1.82, 2.24) is 9.97 Å². The number of hydrogen-bond acceptors (Lipinski definition) is 5. The lowest BCUT2D eigenvalue weighted by atomic mass is 10.2. The number of nitrogens with one attached hydrogen (secondary N) is 1. The van der Waals surface area contributed by atoms with E-state index in [-0.39, 0.29) is 0 Å². The molecule has 5 heteroatoms. The van der Waals surface area contributed by atoms with E-state index in [2.05, 4.69) is 43.8 Å². The van der Waals surface area contributed by atoms with Gasteiger partial charge in [0.2, 0.25) is 0 Å². The Morgan fingerprint density at radius 3 is 2.67 bits per heavy atom. The number of aromatic nitrogens is 2. The Morgan fingerprint density at radius 2 is 1.88 bits per heavy atom. The first-order valence-corrected chi connectivity index (χ1v) is 9.54. The van der Waals surface area contributed by atoms with Crippen molar-refractivity contribution >= 4 is 33.1 Å². The summed E-state index contributed by atoms with van der Waals surface area (Å²) in [6.07, 6.45) is 9.12. The van der Waals surface area contributed by atoms with Crippen molar-refractivity contribution in [2.45, 2.75) is 32.2 Å². The standard InChI is InChI=1S/C19H22N4S/c1-2-4-11-23(10-3-1)18-6-5-15(14-22-18)13-21-16-7-9-20-17-8-12-24-19(16)17/h5-9,12,14H,1-4,10-11,13H2,(H,20,21). The van der Waals surface area contributed by atoms with Gasteiger partial charge in [0.15, 0.2) is 0 Å². The first-order chi connectivity index (χ1) is 11.9. The normalized spacial score (nSPS) is 15.4. The van der Waals surface area contributed by atoms with E-state index in [0.717, 1.165) is 36.7 Å². The highest BCUT2D eigenvalue weighted by Crippen LogP contribution is 2.27. The molecule has 4 heterocycles. The highest BCUT2D eigenvalue weighted by Gasteiger charge is 2.10. The van der Waals surface area contributed by atoms with Gasteiger partial charge in [-0.3, -0.25) is 4.98 Å². The lowest BCUT2D eigenvalue weighted by Gasteiger charge is -2.21. The van der Waals surface area contributed by atoms with Crippen LogP contribution in [-0.2, 0) is 6.54 Å². The molecule has 0 unspecified atom stereocenters. The van der Waals surface area contributed by atoms with Crippen LogP contribution in [0.3, 0.4) is 0 Å². The summed E-state index contributed by atoms with van der Waals surface area (Å²) < 4.78 is 1.21. The van der Waals surface area contributed by atoms with E-state index >= 15 is 0 Å². The van der Waals surface area contributed by atoms with Gasteiger partial charge in [-0.2, -0.15) is 0 Å². The summed E-state index contributed by atoms with van der Waals surface area (Å²) in [6, 6.07) is 8.45. The minimum absolute atomic E-state index is 0.782. The second-order valence-corrected chi connectivity index (χ2v) is 7.19. The Morgan fingerprint density at radius 1 is 1.00 bits per heavy atom. The van der Waals surface area contributed by atoms with Gasteiger partial charge >= 0.3 is 0 Å². The van der Waals surface area contributed by atoms with Gasteiger partial charge in [0.05, 0.1) is 15.9 Å². The fraction of sp³-hybridized carbons (Fsp3) is 0.368. The van der Waals surface area contributed by atoms with Crippen molar-refractivity contribution in [3.8, 4) is 0 Å². The molecule has 4 rings (SSSR count). The van der Waals surface area contributed by atoms with Gasteiger partial charge in [-0.1, -0.05) is 18.9 Å². The first kappa shape index (κ1) is 15.4. The lowest BCUT2D eigenvalue weighted by Crippen LogP contribution is -2.24. The zero-order chi connectivity index (χ0) is 16.2. The fourth-order valence-electron chi connectivity index (χ4n) is 3.22. The van der Waals surface area contributed by atoms with Crippen molar-refractivity contribution in [1.29, 1.82) is 0 Å². The van der Waals surface area contributed by atoms with Gasteiger partial charge in [-0.05, 0) is 42.0 Å². The highest BCUT2D eigenvalue weighted by atomic mass is 32.1. The van der Waals surface area contributed by atoms with Crippen molar-refractivity contribution < 1.29 is 0 Å². The molecule has 0 spiro atoms. The maximum absolute atomic E-state index is 4.68. The number of thiophene rings is 1. The van der Waals surface area contributed by atoms with E-state index < -0.39 is 0 Å². The van der Waals surface area contributed by atoms with Crippen LogP contribution < -0.4 is 10.2 Å². The van der Waals surface area contributed by atoms with Gasteiger partial charge in [0, 0.05) is 32.0 Å². The van der Waals surface area contributed by atoms with E-state index in [9.17, 15) is 0 Å². The van der Waals surface area contributed by atoms with Gasteiger partial charge in [-0.25, -0.2) is 4.98 Å². The number of fused-ring (bicyclic) bond motifs is 1. The van der Waals surface area contributed by atoms with Crippen LogP contribution in [0.15, 0.2) is 42.0 Å². The molecule has 0 aromatic carbocycles. The van der Waals surface area contributed by atoms with Crippen LogP contribution >= 0.6 is 11.3 Å². The average Bonchev–Trinajstić information content (AvgIpc) is 2.95. The molecular formula is C19H22N4S. The van der Waals surface area contributed by atoms with Crippen LogP contribution in [-0.4, -0.2) is 23.1 Å². The maximum Gasteiger partial charge on any atom is 0.128 e. The molecule has 4 nitrogen and oxygen atoms in total. The van der Waals surface area contributed by atoms with Crippen molar-refractivity contribution in [3.63, 3.8) is 0 Å². The molecular weight excluding hydrogens is 316 g/mol. The zero-order valence-electron chi connectivity index (χ0n) is 13.7. The summed E-state index contributed by atoms with van der Waals surface area (Å²) in [6.45, 7) is 3.06. The Balaban J connectivity index is 1.43. The van der Waals surface area contributed by atoms with E-state index in [1.165, 1.54) is 35.9 Å². The summed E-state index contributed by atoms with van der Waals surface area (Å²) in [5.74, 6) is 1.12. The number of anilines is 2. The fourth-order valence-corrected chi connectivity index (χ4v) is 4.06. The maximum atomic E-state index is 4.68. The minimum Gasteiger partial charge on any atom is -0.380 e. The molecule has 124 valence electrons. The van der Waals surface area contributed by atoms with Crippen molar-refractivity contribution in [2.75, 3.05) is 23.3 Å². The Labute approximate surface area is 146 Å². The molecule has 1 saturated heterocycles. The molecule has 0 bridgehead atoms. The summed E-state index contributed by atoms with van der Waals surface area (Å²) in [7, 11) is 0. The summed E-state index contributed by atoms with van der Waals surface area (Å²) in [4.78, 5) is 11.5. The van der Waals surface area contributed by atoms with Crippen LogP contribution in [0.25, 0.3) is 10.2 Å². The second kappa shape index (κ2) is 7.18. The van der Waals surface area contributed by atoms with Crippen molar-refractivity contribution in [3.05, 3.63) is 47.6 Å². The SMILES string of the molecule is c1cc(NCc2ccc(N3CCCCCC3)nc2)c2sccc2n1. The van der Waals surface area contributed by atoms with Crippen LogP contribution in [0.1, 0.15) is 31.2 Å². The third-order valence-electron chi connectivity index (χ3n) is 4.57. The van der Waals surface area contributed by atoms with Gasteiger partial charge in [-0.15, -0.1) is 11.3 Å². The molecule has 0 aliphatic carbocycles. The Hall–Kier alpha value is -2.14. The molecule has 0 amide bonds. The third kappa shape index (κ3) is 3.36. The molecule has 1 N–H and O–H groups in total. The molecule has 3 aromatic rings. The molecule has 3 aromatic heterocycles. The molecule has 0 saturated carbocycles. The Kier molecular flexibility index (Phi) is 4.60. The van der Waals surface area contributed by atoms with E-state index in [1.807, 2.05) is 18.5 Å². The predicted molar refractivity (Wildman–Crippen MR) is 102 cm³/mol. The second-order valence-electron chi connectivity index (χ2n) is 6.27. The molecule has 1 aliphatic heterocycles. The minimum atomic E-state index is 0.782. The monoisotopic (exact) mass is 338 g/mol. The van der Waals surface area contributed by atoms with Crippen LogP contribution in [0.4, 0.5) is 11.5 Å². The molecule has 24 heavy (non-hydrogen) atoms. The van der Waals surface area contributed by atoms with Crippen LogP contribution in [0.5, 0.6) is 0 Å². The van der Waals surface area contributed by atoms with Gasteiger partial charge < -0.3 is 10.2 Å². The zero-order valence-corrected chi connectivity index (χ0v) is 14.6. The number of rotatable bonds is 4. The molecule has 0 atom stereocenters. The summed E-state index contributed by atoms with van der Waals surface area (Å²) in [5, 5.41) is 5.60. The predicted octanol–water partition coefficient (Wildman–Crippen LogP) is 4.68. The molecule has 0 radical (unpaired) electrons. The highest BCUT2D eigenvalue weighted by molar-refractivity contribution is 7.17. The van der Waals surface area contributed by atoms with Crippen LogP contribution in [0, 0.1) is 0 Å². The quantitative estimate of drug-likeness (QED) is 0.749. The average molecular weight is 338 g/mol. The smallest absolute Gasteiger partial charge is 0.128 e. The van der Waals surface area contributed by atoms with Crippen LogP contribution in [0.2, 0.25) is 0 Å². The topological polar surface area (TPSA) is 41.0 Å². The van der Waals surface area contributed by atoms with Crippen molar-refractivity contribution in [2.24, 2.45) is 0 Å². The van der Waals surface area contributed by atoms with E-state index in [1.54, 1.807) is 11.3 Å².